The molecule has 0 spiro atoms. The zero-order chi connectivity index (χ0) is 23.8. The molecular weight excluding hydrogens is 440 g/mol. The number of hydrogen-bond donors (Lipinski definition) is 0. The van der Waals surface area contributed by atoms with Gasteiger partial charge in [-0.15, -0.1) is 0 Å². The average Bonchev–Trinajstić information content (AvgIpc) is 3.31. The average molecular weight is 465 g/mol. The molecule has 1 aliphatic carbocycles. The molecule has 1 saturated heterocycles. The topological polar surface area (TPSA) is 125 Å². The van der Waals surface area contributed by atoms with Gasteiger partial charge in [-0.2, -0.15) is 0 Å². The minimum Gasteiger partial charge on any atom is -0.450 e. The minimum absolute atomic E-state index is 0.153. The van der Waals surface area contributed by atoms with Crippen molar-refractivity contribution in [3.05, 3.63) is 66.7 Å². The lowest BCUT2D eigenvalue weighted by atomic mass is 9.83. The molecule has 1 fully saturated rings. The van der Waals surface area contributed by atoms with Crippen molar-refractivity contribution >= 4 is 28.9 Å². The van der Waals surface area contributed by atoms with Crippen LogP contribution in [0.3, 0.4) is 0 Å². The van der Waals surface area contributed by atoms with Crippen molar-refractivity contribution in [2.45, 2.75) is 64.8 Å². The summed E-state index contributed by atoms with van der Waals surface area (Å²) in [4.78, 5) is 33.6. The van der Waals surface area contributed by atoms with Crippen LogP contribution in [0.1, 0.15) is 57.3 Å². The molecule has 32 heavy (non-hydrogen) atoms. The molecule has 1 aromatic carbocycles. The lowest BCUT2D eigenvalue weighted by Crippen LogP contribution is -2.20. The molecule has 0 N–H and O–H groups in total. The first-order chi connectivity index (χ1) is 14.8. The molecule has 10 heteroatoms. The number of nitro groups is 2. The third-order valence-corrected chi connectivity index (χ3v) is 6.31. The van der Waals surface area contributed by atoms with Gasteiger partial charge in [-0.1, -0.05) is 37.6 Å². The fourth-order valence-corrected chi connectivity index (χ4v) is 4.06. The number of carbonyl (C=O) groups is 1. The van der Waals surface area contributed by atoms with Crippen LogP contribution < -0.4 is 0 Å². The normalized spacial score (nSPS) is 29.5. The Labute approximate surface area is 190 Å². The predicted octanol–water partition coefficient (Wildman–Crippen LogP) is 5.55. The summed E-state index contributed by atoms with van der Waals surface area (Å²) >= 11 is 5.77. The standard InChI is InChI=1S/C22H25ClN2O7/c1-13-6-5-8-22(4)18(32-22)12-21(2,3)9-7-17(13)31-20(26)14-10-15(24(27)28)19(23)16(11-14)25(29)30/h6-7,9-11,17-18H,5,8,12H2,1-4H3/b9-7+,13-6+/t17-,18+,22+/m0/s1. The van der Waals surface area contributed by atoms with Gasteiger partial charge in [0.25, 0.3) is 11.4 Å². The minimum atomic E-state index is -0.916. The Kier molecular flexibility index (Phi) is 6.44. The van der Waals surface area contributed by atoms with Gasteiger partial charge in [0.1, 0.15) is 6.10 Å². The van der Waals surface area contributed by atoms with E-state index in [2.05, 4.69) is 20.8 Å². The number of benzene rings is 1. The summed E-state index contributed by atoms with van der Waals surface area (Å²) in [6.45, 7) is 8.05. The fraction of sp³-hybridized carbons (Fsp3) is 0.500. The first kappa shape index (κ1) is 23.9. The van der Waals surface area contributed by atoms with Crippen molar-refractivity contribution in [2.24, 2.45) is 5.41 Å². The van der Waals surface area contributed by atoms with Crippen molar-refractivity contribution in [1.29, 1.82) is 0 Å². The van der Waals surface area contributed by atoms with E-state index in [1.54, 1.807) is 6.08 Å². The molecule has 1 heterocycles. The number of hydrogen-bond acceptors (Lipinski definition) is 7. The number of allylic oxidation sites excluding steroid dienone is 2. The number of nitrogens with zero attached hydrogens (tertiary/aromatic N) is 2. The van der Waals surface area contributed by atoms with E-state index in [0.717, 1.165) is 37.0 Å². The summed E-state index contributed by atoms with van der Waals surface area (Å²) in [5, 5.41) is 21.8. The number of fused-ring (bicyclic) bond motifs is 1. The zero-order valence-electron chi connectivity index (χ0n) is 18.3. The second kappa shape index (κ2) is 8.63. The number of esters is 1. The quantitative estimate of drug-likeness (QED) is 0.188. The van der Waals surface area contributed by atoms with Crippen LogP contribution in [0.25, 0.3) is 0 Å². The van der Waals surface area contributed by atoms with Crippen molar-refractivity contribution < 1.29 is 24.1 Å². The van der Waals surface area contributed by atoms with Crippen LogP contribution in [0.2, 0.25) is 5.02 Å². The highest BCUT2D eigenvalue weighted by atomic mass is 35.5. The molecule has 0 amide bonds. The second-order valence-electron chi connectivity index (χ2n) is 9.13. The Balaban J connectivity index is 1.91. The summed E-state index contributed by atoms with van der Waals surface area (Å²) in [5.41, 5.74) is -1.36. The number of rotatable bonds is 4. The summed E-state index contributed by atoms with van der Waals surface area (Å²) in [7, 11) is 0. The van der Waals surface area contributed by atoms with Crippen molar-refractivity contribution in [2.75, 3.05) is 0 Å². The monoisotopic (exact) mass is 464 g/mol. The van der Waals surface area contributed by atoms with Gasteiger partial charge < -0.3 is 9.47 Å². The first-order valence-electron chi connectivity index (χ1n) is 10.2. The van der Waals surface area contributed by atoms with E-state index in [0.29, 0.717) is 0 Å². The Hall–Kier alpha value is -2.78. The molecule has 0 saturated carbocycles. The van der Waals surface area contributed by atoms with Crippen LogP contribution in [0.5, 0.6) is 0 Å². The molecule has 0 unspecified atom stereocenters. The van der Waals surface area contributed by atoms with Crippen LogP contribution in [-0.4, -0.2) is 33.6 Å². The molecule has 1 aliphatic heterocycles. The van der Waals surface area contributed by atoms with E-state index >= 15 is 0 Å². The molecule has 172 valence electrons. The van der Waals surface area contributed by atoms with E-state index < -0.39 is 38.3 Å². The number of epoxide rings is 1. The molecule has 0 bridgehead atoms. The van der Waals surface area contributed by atoms with E-state index in [1.165, 1.54) is 0 Å². The third kappa shape index (κ3) is 5.16. The maximum absolute atomic E-state index is 12.8. The predicted molar refractivity (Wildman–Crippen MR) is 118 cm³/mol. The van der Waals surface area contributed by atoms with Crippen LogP contribution in [0.4, 0.5) is 11.4 Å². The van der Waals surface area contributed by atoms with Crippen LogP contribution in [0, 0.1) is 25.6 Å². The van der Waals surface area contributed by atoms with E-state index in [-0.39, 0.29) is 22.7 Å². The van der Waals surface area contributed by atoms with Gasteiger partial charge in [0.15, 0.2) is 5.02 Å². The largest absolute Gasteiger partial charge is 0.450 e. The van der Waals surface area contributed by atoms with Crippen LogP contribution >= 0.6 is 11.6 Å². The second-order valence-corrected chi connectivity index (χ2v) is 9.50. The molecule has 9 nitrogen and oxygen atoms in total. The zero-order valence-corrected chi connectivity index (χ0v) is 19.0. The number of nitro benzene ring substituents is 2. The highest BCUT2D eigenvalue weighted by molar-refractivity contribution is 6.35. The van der Waals surface area contributed by atoms with E-state index in [4.69, 9.17) is 21.1 Å². The number of carbonyl (C=O) groups excluding carboxylic acids is 1. The lowest BCUT2D eigenvalue weighted by Gasteiger charge is -2.21. The Bertz CT molecular complexity index is 998. The van der Waals surface area contributed by atoms with E-state index in [1.807, 2.05) is 19.1 Å². The van der Waals surface area contributed by atoms with Gasteiger partial charge in [-0.25, -0.2) is 4.79 Å². The smallest absolute Gasteiger partial charge is 0.339 e. The molecule has 2 aliphatic rings. The maximum atomic E-state index is 12.8. The first-order valence-corrected chi connectivity index (χ1v) is 10.6. The van der Waals surface area contributed by atoms with Gasteiger partial charge in [-0.3, -0.25) is 20.2 Å². The highest BCUT2D eigenvalue weighted by Crippen LogP contribution is 2.47. The molecular formula is C22H25ClN2O7. The van der Waals surface area contributed by atoms with Gasteiger partial charge in [0, 0.05) is 12.1 Å². The van der Waals surface area contributed by atoms with Gasteiger partial charge >= 0.3 is 5.97 Å². The van der Waals surface area contributed by atoms with Gasteiger partial charge in [0.05, 0.1) is 27.1 Å². The Morgan fingerprint density at radius 1 is 1.19 bits per heavy atom. The molecule has 1 aromatic rings. The van der Waals surface area contributed by atoms with Crippen molar-refractivity contribution in [1.82, 2.24) is 0 Å². The van der Waals surface area contributed by atoms with Gasteiger partial charge in [-0.05, 0) is 50.2 Å². The van der Waals surface area contributed by atoms with Crippen molar-refractivity contribution in [3.8, 4) is 0 Å². The van der Waals surface area contributed by atoms with Gasteiger partial charge in [0.2, 0.25) is 0 Å². The lowest BCUT2D eigenvalue weighted by molar-refractivity contribution is -0.393. The Morgan fingerprint density at radius 2 is 1.78 bits per heavy atom. The number of halogens is 1. The fourth-order valence-electron chi connectivity index (χ4n) is 3.81. The Morgan fingerprint density at radius 3 is 2.34 bits per heavy atom. The maximum Gasteiger partial charge on any atom is 0.339 e. The van der Waals surface area contributed by atoms with Crippen molar-refractivity contribution in [3.63, 3.8) is 0 Å². The molecule has 3 rings (SSSR count). The number of ether oxygens (including phenoxy) is 2. The molecule has 0 radical (unpaired) electrons. The summed E-state index contributed by atoms with van der Waals surface area (Å²) in [6.07, 6.45) is 7.53. The third-order valence-electron chi connectivity index (χ3n) is 5.92. The summed E-state index contributed by atoms with van der Waals surface area (Å²) in [6, 6.07) is 1.78. The SMILES string of the molecule is C/C1=C\CC[C@@]2(C)O[C@@H]2CC(C)(C)/C=C/[C@@H]1OC(=O)c1cc([N+](=O)[O-])c(Cl)c([N+](=O)[O-])c1. The van der Waals surface area contributed by atoms with E-state index in [9.17, 15) is 25.0 Å². The molecule has 3 atom stereocenters. The highest BCUT2D eigenvalue weighted by Gasteiger charge is 2.52. The van der Waals surface area contributed by atoms with Crippen LogP contribution in [-0.2, 0) is 9.47 Å². The summed E-state index contributed by atoms with van der Waals surface area (Å²) < 4.78 is 11.5. The molecule has 0 aromatic heterocycles. The summed E-state index contributed by atoms with van der Waals surface area (Å²) in [5.74, 6) is -0.916. The van der Waals surface area contributed by atoms with Crippen LogP contribution in [0.15, 0.2) is 35.9 Å².